The molecule has 0 saturated carbocycles. The van der Waals surface area contributed by atoms with Crippen molar-refractivity contribution in [3.05, 3.63) is 76.4 Å². The number of carbonyl (C=O) groups excluding carboxylic acids is 1. The first kappa shape index (κ1) is 19.3. The van der Waals surface area contributed by atoms with Crippen molar-refractivity contribution < 1.29 is 18.3 Å². The Bertz CT molecular complexity index is 1010. The number of amides is 1. The molecule has 27 heavy (non-hydrogen) atoms. The topological polar surface area (TPSA) is 65.2 Å². The molecule has 0 aliphatic rings. The molecule has 0 spiro atoms. The summed E-state index contributed by atoms with van der Waals surface area (Å²) in [4.78, 5) is 15.5. The molecular weight excluding hydrogens is 437 g/mol. The van der Waals surface area contributed by atoms with Gasteiger partial charge in [-0.3, -0.25) is 0 Å². The number of ether oxygens (including phenoxy) is 1. The summed E-state index contributed by atoms with van der Waals surface area (Å²) in [6.07, 6.45) is 1.67. The molecule has 138 valence electrons. The number of hydrogen-bond acceptors (Lipinski definition) is 3. The maximum atomic E-state index is 13.9. The van der Waals surface area contributed by atoms with E-state index >= 15 is 0 Å². The predicted octanol–water partition coefficient (Wildman–Crippen LogP) is 2.62. The Morgan fingerprint density at radius 2 is 1.78 bits per heavy atom. The predicted molar refractivity (Wildman–Crippen MR) is 102 cm³/mol. The van der Waals surface area contributed by atoms with Gasteiger partial charge in [-0.25, -0.2) is 0 Å². The van der Waals surface area contributed by atoms with Crippen LogP contribution < -0.4 is 15.0 Å². The van der Waals surface area contributed by atoms with Crippen molar-refractivity contribution in [1.82, 2.24) is 4.98 Å². The zero-order valence-electron chi connectivity index (χ0n) is 13.9. The standard InChI is InChI=1S/C19H14AsClF2N2O2/c20-18-16(27-9-13-14(22)5-6-15(23)17(13)21)7-12(8-25-18)10-1-3-11(4-2-10)19(24)26/h1-8H,9,20H2,(H2,24,26). The summed E-state index contributed by atoms with van der Waals surface area (Å²) in [5.41, 5.74) is 7.13. The fourth-order valence-corrected chi connectivity index (χ4v) is 3.12. The molecule has 0 bridgehead atoms. The second kappa shape index (κ2) is 8.07. The first-order valence-corrected chi connectivity index (χ1v) is 9.36. The number of carbonyl (C=O) groups is 1. The van der Waals surface area contributed by atoms with Crippen molar-refractivity contribution >= 4 is 38.8 Å². The van der Waals surface area contributed by atoms with Gasteiger partial charge in [-0.2, -0.15) is 0 Å². The van der Waals surface area contributed by atoms with Crippen LogP contribution in [0, 0.1) is 11.6 Å². The Morgan fingerprint density at radius 3 is 2.44 bits per heavy atom. The number of hydrogen-bond donors (Lipinski definition) is 1. The minimum absolute atomic E-state index is 0.0558. The fourth-order valence-electron chi connectivity index (χ4n) is 2.41. The van der Waals surface area contributed by atoms with Gasteiger partial charge in [0.2, 0.25) is 0 Å². The van der Waals surface area contributed by atoms with E-state index in [0.717, 1.165) is 23.3 Å². The number of nitrogens with zero attached hydrogens (tertiary/aromatic N) is 1. The third kappa shape index (κ3) is 4.29. The Hall–Kier alpha value is -2.43. The molecule has 1 heterocycles. The van der Waals surface area contributed by atoms with Crippen LogP contribution in [0.2, 0.25) is 5.02 Å². The molecule has 4 nitrogen and oxygen atoms in total. The molecule has 1 amide bonds. The average Bonchev–Trinajstić information content (AvgIpc) is 2.66. The Morgan fingerprint density at radius 1 is 1.11 bits per heavy atom. The van der Waals surface area contributed by atoms with E-state index in [1.165, 1.54) is 16.9 Å². The van der Waals surface area contributed by atoms with Gasteiger partial charge in [0.05, 0.1) is 0 Å². The zero-order chi connectivity index (χ0) is 19.6. The Kier molecular flexibility index (Phi) is 5.78. The van der Waals surface area contributed by atoms with E-state index in [9.17, 15) is 13.6 Å². The monoisotopic (exact) mass is 450 g/mol. The third-order valence-electron chi connectivity index (χ3n) is 3.90. The molecule has 0 saturated heterocycles. The van der Waals surface area contributed by atoms with Gasteiger partial charge in [0.1, 0.15) is 0 Å². The van der Waals surface area contributed by atoms with Gasteiger partial charge in [0.25, 0.3) is 0 Å². The van der Waals surface area contributed by atoms with E-state index in [0.29, 0.717) is 15.8 Å². The van der Waals surface area contributed by atoms with E-state index in [4.69, 9.17) is 22.1 Å². The number of nitrogens with two attached hydrogens (primary N) is 1. The van der Waals surface area contributed by atoms with Gasteiger partial charge in [0.15, 0.2) is 0 Å². The van der Waals surface area contributed by atoms with E-state index < -0.39 is 17.5 Å². The van der Waals surface area contributed by atoms with E-state index in [2.05, 4.69) is 4.98 Å². The molecule has 2 N–H and O–H groups in total. The molecule has 0 aliphatic heterocycles. The minimum atomic E-state index is -0.709. The molecule has 1 atom stereocenters. The molecule has 0 aliphatic carbocycles. The molecule has 3 rings (SSSR count). The van der Waals surface area contributed by atoms with Crippen LogP contribution in [-0.4, -0.2) is 27.7 Å². The molecule has 0 radical (unpaired) electrons. The Balaban J connectivity index is 1.86. The van der Waals surface area contributed by atoms with Crippen LogP contribution in [0.4, 0.5) is 8.78 Å². The fraction of sp³-hybridized carbons (Fsp3) is 0.0526. The van der Waals surface area contributed by atoms with Gasteiger partial charge >= 0.3 is 168 Å². The van der Waals surface area contributed by atoms with Crippen molar-refractivity contribution in [3.63, 3.8) is 0 Å². The summed E-state index contributed by atoms with van der Waals surface area (Å²) >= 11 is 7.05. The van der Waals surface area contributed by atoms with Crippen LogP contribution in [0.1, 0.15) is 15.9 Å². The van der Waals surface area contributed by atoms with Crippen molar-refractivity contribution in [1.29, 1.82) is 0 Å². The van der Waals surface area contributed by atoms with E-state index in [-0.39, 0.29) is 17.2 Å². The van der Waals surface area contributed by atoms with E-state index in [1.54, 1.807) is 36.5 Å². The first-order valence-electron chi connectivity index (χ1n) is 7.77. The molecule has 0 fully saturated rings. The van der Waals surface area contributed by atoms with Crippen molar-refractivity contribution in [3.8, 4) is 16.9 Å². The van der Waals surface area contributed by atoms with Crippen LogP contribution in [0.5, 0.6) is 5.75 Å². The normalized spacial score (nSPS) is 10.7. The maximum absolute atomic E-state index is 13.9. The van der Waals surface area contributed by atoms with Gasteiger partial charge in [0, 0.05) is 0 Å². The summed E-state index contributed by atoms with van der Waals surface area (Å²) in [5.74, 6) is -1.43. The van der Waals surface area contributed by atoms with Gasteiger partial charge in [-0.15, -0.1) is 0 Å². The van der Waals surface area contributed by atoms with E-state index in [1.807, 2.05) is 0 Å². The van der Waals surface area contributed by atoms with Crippen LogP contribution in [0.15, 0.2) is 48.7 Å². The number of benzene rings is 2. The average molecular weight is 451 g/mol. The quantitative estimate of drug-likeness (QED) is 0.480. The van der Waals surface area contributed by atoms with Gasteiger partial charge in [-0.05, 0) is 0 Å². The molecule has 8 heteroatoms. The number of primary amides is 1. The second-order valence-corrected chi connectivity index (χ2v) is 7.18. The van der Waals surface area contributed by atoms with Crippen LogP contribution in [0.3, 0.4) is 0 Å². The molecule has 1 aromatic heterocycles. The van der Waals surface area contributed by atoms with Gasteiger partial charge < -0.3 is 0 Å². The van der Waals surface area contributed by atoms with Crippen molar-refractivity contribution in [2.75, 3.05) is 0 Å². The summed E-state index contributed by atoms with van der Waals surface area (Å²) in [7, 11) is 0. The first-order chi connectivity index (χ1) is 12.9. The summed E-state index contributed by atoms with van der Waals surface area (Å²) in [5, 5.41) is -0.302. The number of aromatic nitrogens is 1. The zero-order valence-corrected chi connectivity index (χ0v) is 17.1. The van der Waals surface area contributed by atoms with Crippen LogP contribution in [-0.2, 0) is 6.61 Å². The number of rotatable bonds is 5. The van der Waals surface area contributed by atoms with Crippen LogP contribution >= 0.6 is 11.6 Å². The summed E-state index contributed by atoms with van der Waals surface area (Å²) in [6.45, 7) is -0.231. The molecule has 2 aromatic carbocycles. The Labute approximate surface area is 167 Å². The summed E-state index contributed by atoms with van der Waals surface area (Å²) < 4.78 is 33.7. The molecule has 3 aromatic rings. The number of pyridine rings is 1. The molecule has 1 unspecified atom stereocenters. The molecular formula is C19H14AsClF2N2O2. The van der Waals surface area contributed by atoms with Gasteiger partial charge in [-0.1, -0.05) is 0 Å². The second-order valence-electron chi connectivity index (χ2n) is 5.66. The summed E-state index contributed by atoms with van der Waals surface area (Å²) in [6, 6.07) is 10.4. The van der Waals surface area contributed by atoms with Crippen LogP contribution in [0.25, 0.3) is 11.1 Å². The van der Waals surface area contributed by atoms with Crippen molar-refractivity contribution in [2.24, 2.45) is 5.73 Å². The number of halogens is 3. The van der Waals surface area contributed by atoms with Crippen molar-refractivity contribution in [2.45, 2.75) is 6.61 Å². The third-order valence-corrected chi connectivity index (χ3v) is 5.21. The SMILES string of the molecule is NC(=O)c1ccc(-c2cnc([AsH2])c(OCc3c(F)ccc(F)c3Cl)c2)cc1.